The molecule has 0 fully saturated rings. The lowest BCUT2D eigenvalue weighted by Crippen LogP contribution is -2.02. The maximum Gasteiger partial charge on any atom is 0.0442 e. The summed E-state index contributed by atoms with van der Waals surface area (Å²) in [4.78, 5) is 4.55. The van der Waals surface area contributed by atoms with E-state index in [1.165, 1.54) is 22.4 Å². The molecule has 0 aliphatic heterocycles. The van der Waals surface area contributed by atoms with Crippen LogP contribution in [0.15, 0.2) is 23.2 Å². The average Bonchev–Trinajstić information content (AvgIpc) is 1.98. The van der Waals surface area contributed by atoms with Crippen molar-refractivity contribution in [3.05, 3.63) is 34.9 Å². The highest BCUT2D eigenvalue weighted by molar-refractivity contribution is 5.84. The number of aliphatic imine (C=N–C) groups is 1. The molecule has 82 valence electrons. The summed E-state index contributed by atoms with van der Waals surface area (Å²) in [6.07, 6.45) is 0.973. The average molecular weight is 203 g/mol. The Hall–Kier alpha value is -1.11. The lowest BCUT2D eigenvalue weighted by molar-refractivity contribution is 0.831. The first-order valence-electron chi connectivity index (χ1n) is 5.58. The van der Waals surface area contributed by atoms with Gasteiger partial charge in [0.2, 0.25) is 0 Å². The van der Waals surface area contributed by atoms with Crippen molar-refractivity contribution in [1.29, 1.82) is 0 Å². The number of rotatable bonds is 3. The van der Waals surface area contributed by atoms with Gasteiger partial charge in [-0.15, -0.1) is 0 Å². The zero-order valence-electron chi connectivity index (χ0n) is 10.5. The van der Waals surface area contributed by atoms with Gasteiger partial charge in [0, 0.05) is 18.2 Å². The highest BCUT2D eigenvalue weighted by Gasteiger charge is 1.99. The zero-order chi connectivity index (χ0) is 11.4. The monoisotopic (exact) mass is 203 g/mol. The summed E-state index contributed by atoms with van der Waals surface area (Å²) in [5.74, 6) is 0. The van der Waals surface area contributed by atoms with Gasteiger partial charge in [-0.3, -0.25) is 4.99 Å². The van der Waals surface area contributed by atoms with E-state index in [9.17, 15) is 0 Å². The molecule has 0 radical (unpaired) electrons. The third-order valence-electron chi connectivity index (χ3n) is 2.22. The molecule has 0 aliphatic carbocycles. The zero-order valence-corrected chi connectivity index (χ0v) is 10.5. The van der Waals surface area contributed by atoms with Crippen LogP contribution in [0.2, 0.25) is 0 Å². The molecule has 0 bridgehead atoms. The van der Waals surface area contributed by atoms with Gasteiger partial charge in [0.25, 0.3) is 0 Å². The second-order valence-corrected chi connectivity index (χ2v) is 4.63. The van der Waals surface area contributed by atoms with E-state index in [1.54, 1.807) is 0 Å². The van der Waals surface area contributed by atoms with Crippen LogP contribution in [0.4, 0.5) is 0 Å². The standard InChI is InChI=1S/C14H21N/c1-10(2)15-13(5)9-14-7-11(3)6-12(4)8-14/h6-8,10H,9H2,1-5H3. The Kier molecular flexibility index (Phi) is 4.07. The van der Waals surface area contributed by atoms with E-state index in [0.29, 0.717) is 6.04 Å². The largest absolute Gasteiger partial charge is 0.291 e. The van der Waals surface area contributed by atoms with E-state index in [4.69, 9.17) is 0 Å². The summed E-state index contributed by atoms with van der Waals surface area (Å²) in [5.41, 5.74) is 5.26. The van der Waals surface area contributed by atoms with Crippen LogP contribution >= 0.6 is 0 Å². The highest BCUT2D eigenvalue weighted by atomic mass is 14.8. The predicted octanol–water partition coefficient (Wildman–Crippen LogP) is 3.72. The van der Waals surface area contributed by atoms with E-state index in [1.807, 2.05) is 0 Å². The normalized spacial score (nSPS) is 12.3. The van der Waals surface area contributed by atoms with Crippen molar-refractivity contribution in [3.8, 4) is 0 Å². The lowest BCUT2D eigenvalue weighted by Gasteiger charge is -2.06. The maximum absolute atomic E-state index is 4.55. The molecule has 0 heterocycles. The summed E-state index contributed by atoms with van der Waals surface area (Å²) >= 11 is 0. The summed E-state index contributed by atoms with van der Waals surface area (Å²) in [5, 5.41) is 0. The molecule has 15 heavy (non-hydrogen) atoms. The molecule has 0 saturated heterocycles. The van der Waals surface area contributed by atoms with E-state index in [2.05, 4.69) is 57.8 Å². The molecule has 1 aromatic rings. The number of aryl methyl sites for hydroxylation is 2. The van der Waals surface area contributed by atoms with Crippen LogP contribution in [0.25, 0.3) is 0 Å². The van der Waals surface area contributed by atoms with Crippen LogP contribution in [0.5, 0.6) is 0 Å². The summed E-state index contributed by atoms with van der Waals surface area (Å²) in [6, 6.07) is 7.09. The van der Waals surface area contributed by atoms with Gasteiger partial charge < -0.3 is 0 Å². The molecule has 0 amide bonds. The van der Waals surface area contributed by atoms with Crippen molar-refractivity contribution in [2.45, 2.75) is 47.1 Å². The first-order valence-corrected chi connectivity index (χ1v) is 5.58. The van der Waals surface area contributed by atoms with Crippen molar-refractivity contribution < 1.29 is 0 Å². The molecule has 0 unspecified atom stereocenters. The number of hydrogen-bond donors (Lipinski definition) is 0. The minimum absolute atomic E-state index is 0.399. The van der Waals surface area contributed by atoms with Crippen LogP contribution in [-0.2, 0) is 6.42 Å². The topological polar surface area (TPSA) is 12.4 Å². The molecule has 1 heteroatoms. The van der Waals surface area contributed by atoms with Crippen molar-refractivity contribution in [2.24, 2.45) is 4.99 Å². The van der Waals surface area contributed by atoms with Crippen LogP contribution in [-0.4, -0.2) is 11.8 Å². The second-order valence-electron chi connectivity index (χ2n) is 4.63. The van der Waals surface area contributed by atoms with E-state index >= 15 is 0 Å². The minimum atomic E-state index is 0.399. The molecule has 0 aliphatic rings. The van der Waals surface area contributed by atoms with Gasteiger partial charge in [-0.05, 0) is 40.2 Å². The number of hydrogen-bond acceptors (Lipinski definition) is 1. The van der Waals surface area contributed by atoms with Crippen molar-refractivity contribution >= 4 is 5.71 Å². The van der Waals surface area contributed by atoms with E-state index in [-0.39, 0.29) is 0 Å². The summed E-state index contributed by atoms with van der Waals surface area (Å²) in [7, 11) is 0. The second kappa shape index (κ2) is 5.11. The molecule has 0 spiro atoms. The van der Waals surface area contributed by atoms with E-state index < -0.39 is 0 Å². The molecule has 0 aromatic heterocycles. The molecular weight excluding hydrogens is 182 g/mol. The van der Waals surface area contributed by atoms with Gasteiger partial charge in [-0.25, -0.2) is 0 Å². The Balaban J connectivity index is 2.81. The van der Waals surface area contributed by atoms with Gasteiger partial charge in [0.05, 0.1) is 0 Å². The first kappa shape index (κ1) is 12.0. The third-order valence-corrected chi connectivity index (χ3v) is 2.22. The Bertz CT molecular complexity index is 341. The van der Waals surface area contributed by atoms with Gasteiger partial charge in [-0.1, -0.05) is 29.3 Å². The van der Waals surface area contributed by atoms with Crippen molar-refractivity contribution in [3.63, 3.8) is 0 Å². The Morgan fingerprint density at radius 1 is 1.13 bits per heavy atom. The maximum atomic E-state index is 4.55. The lowest BCUT2D eigenvalue weighted by atomic mass is 10.0. The fraction of sp³-hybridized carbons (Fsp3) is 0.500. The fourth-order valence-electron chi connectivity index (χ4n) is 1.95. The van der Waals surface area contributed by atoms with Crippen LogP contribution in [0, 0.1) is 13.8 Å². The SMILES string of the molecule is CC(Cc1cc(C)cc(C)c1)=NC(C)C. The quantitative estimate of drug-likeness (QED) is 0.664. The number of nitrogens with zero attached hydrogens (tertiary/aromatic N) is 1. The molecule has 0 N–H and O–H groups in total. The van der Waals surface area contributed by atoms with Gasteiger partial charge in [-0.2, -0.15) is 0 Å². The summed E-state index contributed by atoms with van der Waals surface area (Å²) < 4.78 is 0. The Morgan fingerprint density at radius 2 is 1.67 bits per heavy atom. The molecule has 0 atom stereocenters. The fourth-order valence-corrected chi connectivity index (χ4v) is 1.95. The highest BCUT2D eigenvalue weighted by Crippen LogP contribution is 2.10. The Labute approximate surface area is 93.2 Å². The van der Waals surface area contributed by atoms with Crippen molar-refractivity contribution in [1.82, 2.24) is 0 Å². The smallest absolute Gasteiger partial charge is 0.0442 e. The van der Waals surface area contributed by atoms with Gasteiger partial charge in [0.1, 0.15) is 0 Å². The van der Waals surface area contributed by atoms with Crippen molar-refractivity contribution in [2.75, 3.05) is 0 Å². The van der Waals surface area contributed by atoms with E-state index in [0.717, 1.165) is 6.42 Å². The minimum Gasteiger partial charge on any atom is -0.291 e. The predicted molar refractivity (Wildman–Crippen MR) is 67.9 cm³/mol. The Morgan fingerprint density at radius 3 is 2.13 bits per heavy atom. The van der Waals surface area contributed by atoms with Gasteiger partial charge >= 0.3 is 0 Å². The van der Waals surface area contributed by atoms with Gasteiger partial charge in [0.15, 0.2) is 0 Å². The molecule has 1 aromatic carbocycles. The van der Waals surface area contributed by atoms with Crippen LogP contribution in [0.3, 0.4) is 0 Å². The third kappa shape index (κ3) is 4.28. The molecule has 1 rings (SSSR count). The van der Waals surface area contributed by atoms with Crippen LogP contribution < -0.4 is 0 Å². The number of benzene rings is 1. The molecular formula is C14H21N. The summed E-state index contributed by atoms with van der Waals surface area (Å²) in [6.45, 7) is 10.6. The van der Waals surface area contributed by atoms with Crippen LogP contribution in [0.1, 0.15) is 37.5 Å². The first-order chi connectivity index (χ1) is 6.97. The molecule has 1 nitrogen and oxygen atoms in total. The molecule has 0 saturated carbocycles.